The lowest BCUT2D eigenvalue weighted by Gasteiger charge is -2.13. The fraction of sp³-hybridized carbons (Fsp3) is 0.312. The van der Waals surface area contributed by atoms with Crippen LogP contribution in [0.2, 0.25) is 0 Å². The number of rotatable bonds is 5. The highest BCUT2D eigenvalue weighted by atomic mass is 16.5. The van der Waals surface area contributed by atoms with Crippen molar-refractivity contribution in [3.05, 3.63) is 35.9 Å². The van der Waals surface area contributed by atoms with E-state index in [-0.39, 0.29) is 5.78 Å². The first-order valence-electron chi connectivity index (χ1n) is 6.50. The van der Waals surface area contributed by atoms with E-state index in [0.29, 0.717) is 18.8 Å². The Labute approximate surface area is 113 Å². The van der Waals surface area contributed by atoms with Crippen molar-refractivity contribution in [3.8, 4) is 11.5 Å². The van der Waals surface area contributed by atoms with E-state index < -0.39 is 0 Å². The number of benzene rings is 2. The van der Waals surface area contributed by atoms with Crippen LogP contribution in [0.1, 0.15) is 31.1 Å². The number of hydrogen-bond donors (Lipinski definition) is 0. The van der Waals surface area contributed by atoms with Gasteiger partial charge >= 0.3 is 0 Å². The summed E-state index contributed by atoms with van der Waals surface area (Å²) >= 11 is 0. The van der Waals surface area contributed by atoms with Crippen LogP contribution >= 0.6 is 0 Å². The van der Waals surface area contributed by atoms with Crippen molar-refractivity contribution < 1.29 is 14.3 Å². The van der Waals surface area contributed by atoms with Crippen molar-refractivity contribution in [2.75, 3.05) is 13.2 Å². The summed E-state index contributed by atoms with van der Waals surface area (Å²) in [6.07, 6.45) is 0. The van der Waals surface area contributed by atoms with Crippen LogP contribution in [-0.4, -0.2) is 19.0 Å². The van der Waals surface area contributed by atoms with Gasteiger partial charge in [0, 0.05) is 10.9 Å². The van der Waals surface area contributed by atoms with Gasteiger partial charge in [-0.3, -0.25) is 4.79 Å². The number of hydrogen-bond acceptors (Lipinski definition) is 3. The SMILES string of the molecule is CCOc1ccc2cc(C(C)=O)ccc2c1OCC. The fourth-order valence-electron chi connectivity index (χ4n) is 2.06. The standard InChI is InChI=1S/C16H18O3/c1-4-18-15-9-7-13-10-12(11(3)17)6-8-14(13)16(15)19-5-2/h6-10H,4-5H2,1-3H3. The molecule has 0 amide bonds. The summed E-state index contributed by atoms with van der Waals surface area (Å²) < 4.78 is 11.3. The first-order valence-corrected chi connectivity index (χ1v) is 6.50. The van der Waals surface area contributed by atoms with Crippen molar-refractivity contribution in [2.24, 2.45) is 0 Å². The fourth-order valence-corrected chi connectivity index (χ4v) is 2.06. The predicted molar refractivity (Wildman–Crippen MR) is 76.3 cm³/mol. The number of carbonyl (C=O) groups is 1. The average molecular weight is 258 g/mol. The average Bonchev–Trinajstić information content (AvgIpc) is 2.41. The van der Waals surface area contributed by atoms with Gasteiger partial charge in [0.05, 0.1) is 13.2 Å². The Balaban J connectivity index is 2.61. The van der Waals surface area contributed by atoms with Crippen LogP contribution in [0.15, 0.2) is 30.3 Å². The number of carbonyl (C=O) groups excluding carboxylic acids is 1. The lowest BCUT2D eigenvalue weighted by molar-refractivity contribution is 0.101. The molecule has 19 heavy (non-hydrogen) atoms. The summed E-state index contributed by atoms with van der Waals surface area (Å²) in [7, 11) is 0. The highest BCUT2D eigenvalue weighted by molar-refractivity contribution is 6.00. The monoisotopic (exact) mass is 258 g/mol. The molecule has 0 heterocycles. The maximum Gasteiger partial charge on any atom is 0.168 e. The number of Topliss-reactive ketones (excluding diaryl/α,β-unsaturated/α-hetero) is 1. The number of ether oxygens (including phenoxy) is 2. The van der Waals surface area contributed by atoms with Gasteiger partial charge in [-0.2, -0.15) is 0 Å². The highest BCUT2D eigenvalue weighted by Gasteiger charge is 2.11. The minimum Gasteiger partial charge on any atom is -0.490 e. The zero-order chi connectivity index (χ0) is 13.8. The van der Waals surface area contributed by atoms with Crippen LogP contribution in [0.4, 0.5) is 0 Å². The van der Waals surface area contributed by atoms with Gasteiger partial charge in [0.25, 0.3) is 0 Å². The van der Waals surface area contributed by atoms with E-state index in [9.17, 15) is 4.79 Å². The van der Waals surface area contributed by atoms with Crippen molar-refractivity contribution in [2.45, 2.75) is 20.8 Å². The van der Waals surface area contributed by atoms with Gasteiger partial charge in [-0.1, -0.05) is 12.1 Å². The van der Waals surface area contributed by atoms with Crippen LogP contribution in [0.3, 0.4) is 0 Å². The molecule has 0 saturated heterocycles. The van der Waals surface area contributed by atoms with Gasteiger partial charge in [-0.15, -0.1) is 0 Å². The molecule has 0 aromatic heterocycles. The molecule has 3 heteroatoms. The lowest BCUT2D eigenvalue weighted by atomic mass is 10.0. The van der Waals surface area contributed by atoms with E-state index in [1.54, 1.807) is 6.92 Å². The lowest BCUT2D eigenvalue weighted by Crippen LogP contribution is -1.99. The topological polar surface area (TPSA) is 35.5 Å². The van der Waals surface area contributed by atoms with Gasteiger partial charge in [-0.05, 0) is 44.4 Å². The number of fused-ring (bicyclic) bond motifs is 1. The van der Waals surface area contributed by atoms with E-state index in [0.717, 1.165) is 22.3 Å². The van der Waals surface area contributed by atoms with Crippen LogP contribution in [0.25, 0.3) is 10.8 Å². The molecule has 2 rings (SSSR count). The molecule has 2 aromatic rings. The molecule has 0 fully saturated rings. The summed E-state index contributed by atoms with van der Waals surface area (Å²) in [6, 6.07) is 9.47. The molecule has 0 spiro atoms. The second-order valence-electron chi connectivity index (χ2n) is 4.25. The molecule has 3 nitrogen and oxygen atoms in total. The van der Waals surface area contributed by atoms with E-state index in [2.05, 4.69) is 0 Å². The van der Waals surface area contributed by atoms with E-state index in [1.807, 2.05) is 44.2 Å². The maximum absolute atomic E-state index is 11.4. The Morgan fingerprint density at radius 3 is 2.42 bits per heavy atom. The normalized spacial score (nSPS) is 10.5. The Hall–Kier alpha value is -2.03. The van der Waals surface area contributed by atoms with Gasteiger partial charge in [0.1, 0.15) is 0 Å². The Bertz CT molecular complexity index is 602. The largest absolute Gasteiger partial charge is 0.490 e. The van der Waals surface area contributed by atoms with Gasteiger partial charge < -0.3 is 9.47 Å². The summed E-state index contributed by atoms with van der Waals surface area (Å²) in [5, 5.41) is 1.96. The third kappa shape index (κ3) is 2.70. The predicted octanol–water partition coefficient (Wildman–Crippen LogP) is 3.84. The molecule has 2 aromatic carbocycles. The Kier molecular flexibility index (Phi) is 4.05. The molecule has 0 aliphatic heterocycles. The summed E-state index contributed by atoms with van der Waals surface area (Å²) in [6.45, 7) is 6.63. The third-order valence-electron chi connectivity index (χ3n) is 2.93. The zero-order valence-electron chi connectivity index (χ0n) is 11.5. The minimum absolute atomic E-state index is 0.0637. The summed E-state index contributed by atoms with van der Waals surface area (Å²) in [5.41, 5.74) is 0.708. The number of ketones is 1. The van der Waals surface area contributed by atoms with Gasteiger partial charge in [-0.25, -0.2) is 0 Å². The molecule has 0 atom stereocenters. The van der Waals surface area contributed by atoms with Crippen LogP contribution in [0, 0.1) is 0 Å². The molecule has 0 N–H and O–H groups in total. The molecule has 0 unspecified atom stereocenters. The molecule has 0 aliphatic carbocycles. The zero-order valence-corrected chi connectivity index (χ0v) is 11.5. The van der Waals surface area contributed by atoms with Crippen LogP contribution in [-0.2, 0) is 0 Å². The van der Waals surface area contributed by atoms with E-state index >= 15 is 0 Å². The van der Waals surface area contributed by atoms with Gasteiger partial charge in [0.15, 0.2) is 17.3 Å². The maximum atomic E-state index is 11.4. The Morgan fingerprint density at radius 2 is 1.79 bits per heavy atom. The molecular weight excluding hydrogens is 240 g/mol. The molecule has 0 radical (unpaired) electrons. The molecule has 100 valence electrons. The second-order valence-corrected chi connectivity index (χ2v) is 4.25. The molecule has 0 bridgehead atoms. The minimum atomic E-state index is 0.0637. The van der Waals surface area contributed by atoms with E-state index in [1.165, 1.54) is 0 Å². The second kappa shape index (κ2) is 5.74. The summed E-state index contributed by atoms with van der Waals surface area (Å²) in [4.78, 5) is 11.4. The molecule has 0 saturated carbocycles. The Morgan fingerprint density at radius 1 is 1.05 bits per heavy atom. The van der Waals surface area contributed by atoms with Crippen molar-refractivity contribution in [1.29, 1.82) is 0 Å². The first-order chi connectivity index (χ1) is 9.17. The van der Waals surface area contributed by atoms with E-state index in [4.69, 9.17) is 9.47 Å². The van der Waals surface area contributed by atoms with Crippen molar-refractivity contribution >= 4 is 16.6 Å². The van der Waals surface area contributed by atoms with Crippen molar-refractivity contribution in [1.82, 2.24) is 0 Å². The van der Waals surface area contributed by atoms with Crippen LogP contribution < -0.4 is 9.47 Å². The first kappa shape index (κ1) is 13.4. The smallest absolute Gasteiger partial charge is 0.168 e. The molecule has 0 aliphatic rings. The third-order valence-corrected chi connectivity index (χ3v) is 2.93. The van der Waals surface area contributed by atoms with Gasteiger partial charge in [0.2, 0.25) is 0 Å². The quantitative estimate of drug-likeness (QED) is 0.764. The van der Waals surface area contributed by atoms with Crippen LogP contribution in [0.5, 0.6) is 11.5 Å². The highest BCUT2D eigenvalue weighted by Crippen LogP contribution is 2.36. The van der Waals surface area contributed by atoms with Crippen molar-refractivity contribution in [3.63, 3.8) is 0 Å². The molecular formula is C16H18O3. The summed E-state index contributed by atoms with van der Waals surface area (Å²) in [5.74, 6) is 1.55.